The minimum Gasteiger partial charge on any atom is -0.480 e. The van der Waals surface area contributed by atoms with Gasteiger partial charge < -0.3 is 10.4 Å². The number of nitrogens with one attached hydrogen (secondary N) is 1. The van der Waals surface area contributed by atoms with Crippen LogP contribution in [0.5, 0.6) is 0 Å². The van der Waals surface area contributed by atoms with Crippen molar-refractivity contribution in [3.8, 4) is 0 Å². The molecule has 132 valence electrons. The van der Waals surface area contributed by atoms with E-state index in [4.69, 9.17) is 0 Å². The smallest absolute Gasteiger partial charge is 0.326 e. The normalized spacial score (nSPS) is 17.6. The second-order valence-corrected chi connectivity index (χ2v) is 6.68. The van der Waals surface area contributed by atoms with Crippen LogP contribution >= 0.6 is 0 Å². The van der Waals surface area contributed by atoms with Crippen LogP contribution in [0.3, 0.4) is 0 Å². The highest BCUT2D eigenvalue weighted by Gasteiger charge is 2.28. The maximum atomic E-state index is 12.4. The van der Waals surface area contributed by atoms with Crippen molar-refractivity contribution in [2.24, 2.45) is 7.05 Å². The molecule has 1 aliphatic carbocycles. The Labute approximate surface area is 146 Å². The van der Waals surface area contributed by atoms with Crippen LogP contribution in [0.15, 0.2) is 30.3 Å². The van der Waals surface area contributed by atoms with Gasteiger partial charge in [0.2, 0.25) is 0 Å². The highest BCUT2D eigenvalue weighted by molar-refractivity contribution is 5.95. The molecule has 6 nitrogen and oxygen atoms in total. The first-order valence-electron chi connectivity index (χ1n) is 8.58. The lowest BCUT2D eigenvalue weighted by Gasteiger charge is -2.27. The van der Waals surface area contributed by atoms with Crippen LogP contribution in [0.2, 0.25) is 0 Å². The molecule has 6 heteroatoms. The van der Waals surface area contributed by atoms with Gasteiger partial charge in [-0.05, 0) is 55.7 Å². The number of aromatic nitrogens is 2. The number of fused-ring (bicyclic) bond motifs is 1. The summed E-state index contributed by atoms with van der Waals surface area (Å²) in [6.07, 6.45) is 3.41. The van der Waals surface area contributed by atoms with Crippen LogP contribution in [0.1, 0.15) is 52.5 Å². The van der Waals surface area contributed by atoms with E-state index >= 15 is 0 Å². The summed E-state index contributed by atoms with van der Waals surface area (Å²) in [5.74, 6) is -1.30. The lowest BCUT2D eigenvalue weighted by atomic mass is 9.79. The summed E-state index contributed by atoms with van der Waals surface area (Å²) in [6, 6.07) is 8.91. The number of carbonyl (C=O) groups is 2. The average molecular weight is 341 g/mol. The molecule has 1 aromatic carbocycles. The van der Waals surface area contributed by atoms with Crippen molar-refractivity contribution in [3.05, 3.63) is 52.8 Å². The summed E-state index contributed by atoms with van der Waals surface area (Å²) < 4.78 is 1.60. The van der Waals surface area contributed by atoms with E-state index in [0.29, 0.717) is 6.42 Å². The summed E-state index contributed by atoms with van der Waals surface area (Å²) in [5, 5.41) is 16.3. The number of hydrogen-bond acceptors (Lipinski definition) is 3. The van der Waals surface area contributed by atoms with E-state index < -0.39 is 17.9 Å². The number of hydrogen-bond donors (Lipinski definition) is 2. The maximum Gasteiger partial charge on any atom is 0.326 e. The average Bonchev–Trinajstić information content (AvgIpc) is 2.93. The van der Waals surface area contributed by atoms with E-state index in [1.807, 2.05) is 19.1 Å². The summed E-state index contributed by atoms with van der Waals surface area (Å²) in [4.78, 5) is 24.0. The van der Waals surface area contributed by atoms with Crippen molar-refractivity contribution in [3.63, 3.8) is 0 Å². The van der Waals surface area contributed by atoms with Crippen LogP contribution in [0, 0.1) is 6.92 Å². The van der Waals surface area contributed by atoms with Crippen molar-refractivity contribution in [1.29, 1.82) is 0 Å². The van der Waals surface area contributed by atoms with E-state index in [-0.39, 0.29) is 11.6 Å². The number of nitrogens with zero attached hydrogens (tertiary/aromatic N) is 2. The predicted molar refractivity (Wildman–Crippen MR) is 93.6 cm³/mol. The number of aryl methyl sites for hydroxylation is 3. The van der Waals surface area contributed by atoms with E-state index in [1.165, 1.54) is 11.1 Å². The molecular weight excluding hydrogens is 318 g/mol. The van der Waals surface area contributed by atoms with Crippen molar-refractivity contribution >= 4 is 11.9 Å². The zero-order chi connectivity index (χ0) is 18.0. The molecule has 0 radical (unpaired) electrons. The molecule has 1 aromatic heterocycles. The Balaban J connectivity index is 1.74. The third kappa shape index (κ3) is 3.73. The van der Waals surface area contributed by atoms with Gasteiger partial charge in [-0.15, -0.1) is 0 Å². The minimum atomic E-state index is -1.01. The molecule has 25 heavy (non-hydrogen) atoms. The summed E-state index contributed by atoms with van der Waals surface area (Å²) in [7, 11) is 1.75. The van der Waals surface area contributed by atoms with Gasteiger partial charge in [0, 0.05) is 12.7 Å². The Morgan fingerprint density at radius 3 is 2.84 bits per heavy atom. The molecule has 3 rings (SSSR count). The van der Waals surface area contributed by atoms with Crippen molar-refractivity contribution in [1.82, 2.24) is 15.1 Å². The van der Waals surface area contributed by atoms with Gasteiger partial charge in [0.15, 0.2) is 0 Å². The van der Waals surface area contributed by atoms with Crippen molar-refractivity contribution < 1.29 is 14.7 Å². The van der Waals surface area contributed by atoms with Crippen molar-refractivity contribution in [2.75, 3.05) is 0 Å². The largest absolute Gasteiger partial charge is 0.480 e. The Morgan fingerprint density at radius 2 is 2.16 bits per heavy atom. The molecule has 0 saturated heterocycles. The standard InChI is InChI=1S/C19H23N3O3/c1-12-10-16(21-22(12)2)18(23)20-17(19(24)25)11-14-8-5-7-13-6-3-4-9-15(13)14/h3-4,6,9-10,14,17H,5,7-8,11H2,1-2H3,(H,20,23)(H,24,25). The number of rotatable bonds is 5. The summed E-state index contributed by atoms with van der Waals surface area (Å²) in [6.45, 7) is 1.84. The fourth-order valence-corrected chi connectivity index (χ4v) is 3.51. The van der Waals surface area contributed by atoms with Crippen LogP contribution in [0.4, 0.5) is 0 Å². The van der Waals surface area contributed by atoms with E-state index in [0.717, 1.165) is 25.0 Å². The van der Waals surface area contributed by atoms with E-state index in [9.17, 15) is 14.7 Å². The zero-order valence-electron chi connectivity index (χ0n) is 14.5. The zero-order valence-corrected chi connectivity index (χ0v) is 14.5. The van der Waals surface area contributed by atoms with Gasteiger partial charge in [0.1, 0.15) is 11.7 Å². The van der Waals surface area contributed by atoms with Crippen LogP contribution < -0.4 is 5.32 Å². The highest BCUT2D eigenvalue weighted by Crippen LogP contribution is 2.34. The third-order valence-electron chi connectivity index (χ3n) is 4.96. The number of aliphatic carboxylic acids is 1. The number of carboxylic acid groups (broad SMARTS) is 1. The topological polar surface area (TPSA) is 84.2 Å². The van der Waals surface area contributed by atoms with Crippen molar-refractivity contribution in [2.45, 2.75) is 44.6 Å². The Hall–Kier alpha value is -2.63. The molecule has 1 amide bonds. The Kier molecular flexibility index (Phi) is 4.88. The van der Waals surface area contributed by atoms with Gasteiger partial charge in [-0.2, -0.15) is 5.10 Å². The fraction of sp³-hybridized carbons (Fsp3) is 0.421. The molecule has 0 spiro atoms. The molecule has 1 aliphatic rings. The second kappa shape index (κ2) is 7.09. The first-order chi connectivity index (χ1) is 12.0. The molecular formula is C19H23N3O3. The predicted octanol–water partition coefficient (Wildman–Crippen LogP) is 2.42. The van der Waals surface area contributed by atoms with Gasteiger partial charge in [0.05, 0.1) is 0 Å². The monoisotopic (exact) mass is 341 g/mol. The lowest BCUT2D eigenvalue weighted by molar-refractivity contribution is -0.139. The minimum absolute atomic E-state index is 0.150. The number of carboxylic acids is 1. The molecule has 0 saturated carbocycles. The first-order valence-corrected chi connectivity index (χ1v) is 8.58. The first kappa shape index (κ1) is 17.2. The molecule has 2 atom stereocenters. The molecule has 0 aliphatic heterocycles. The maximum absolute atomic E-state index is 12.4. The highest BCUT2D eigenvalue weighted by atomic mass is 16.4. The quantitative estimate of drug-likeness (QED) is 0.875. The summed E-state index contributed by atoms with van der Waals surface area (Å²) in [5.41, 5.74) is 3.59. The molecule has 1 heterocycles. The van der Waals surface area contributed by atoms with Gasteiger partial charge in [-0.25, -0.2) is 4.79 Å². The van der Waals surface area contributed by atoms with E-state index in [2.05, 4.69) is 22.5 Å². The second-order valence-electron chi connectivity index (χ2n) is 6.68. The van der Waals surface area contributed by atoms with Gasteiger partial charge in [0.25, 0.3) is 5.91 Å². The van der Waals surface area contributed by atoms with Gasteiger partial charge >= 0.3 is 5.97 Å². The van der Waals surface area contributed by atoms with Crippen LogP contribution in [-0.2, 0) is 18.3 Å². The van der Waals surface area contributed by atoms with E-state index in [1.54, 1.807) is 17.8 Å². The fourth-order valence-electron chi connectivity index (χ4n) is 3.51. The Bertz CT molecular complexity index is 777. The molecule has 0 fully saturated rings. The number of carbonyl (C=O) groups excluding carboxylic acids is 1. The Morgan fingerprint density at radius 1 is 1.40 bits per heavy atom. The molecule has 0 bridgehead atoms. The molecule has 2 unspecified atom stereocenters. The summed E-state index contributed by atoms with van der Waals surface area (Å²) >= 11 is 0. The lowest BCUT2D eigenvalue weighted by Crippen LogP contribution is -2.42. The van der Waals surface area contributed by atoms with Gasteiger partial charge in [-0.3, -0.25) is 9.48 Å². The number of benzene rings is 1. The van der Waals surface area contributed by atoms with Gasteiger partial charge in [-0.1, -0.05) is 24.3 Å². The third-order valence-corrected chi connectivity index (χ3v) is 4.96. The SMILES string of the molecule is Cc1cc(C(=O)NC(CC2CCCc3ccccc32)C(=O)O)nn1C. The van der Waals surface area contributed by atoms with Crippen LogP contribution in [0.25, 0.3) is 0 Å². The van der Waals surface area contributed by atoms with Crippen LogP contribution in [-0.4, -0.2) is 32.8 Å². The molecule has 2 aromatic rings. The number of amides is 1. The molecule has 2 N–H and O–H groups in total.